The second-order valence-corrected chi connectivity index (χ2v) is 6.00. The van der Waals surface area contributed by atoms with Crippen molar-refractivity contribution < 1.29 is 14.4 Å². The average Bonchev–Trinajstić information content (AvgIpc) is 2.97. The van der Waals surface area contributed by atoms with Gasteiger partial charge in [-0.1, -0.05) is 5.16 Å². The van der Waals surface area contributed by atoms with Gasteiger partial charge in [0.2, 0.25) is 0 Å². The van der Waals surface area contributed by atoms with E-state index in [-0.39, 0.29) is 6.42 Å². The highest BCUT2D eigenvalue weighted by Crippen LogP contribution is 2.34. The summed E-state index contributed by atoms with van der Waals surface area (Å²) in [6.45, 7) is 1.82. The lowest BCUT2D eigenvalue weighted by molar-refractivity contribution is -0.136. The summed E-state index contributed by atoms with van der Waals surface area (Å²) in [5.41, 5.74) is 1.69. The van der Waals surface area contributed by atoms with E-state index in [9.17, 15) is 4.79 Å². The van der Waals surface area contributed by atoms with Crippen LogP contribution in [0.3, 0.4) is 0 Å². The zero-order valence-electron chi connectivity index (χ0n) is 10.2. The Morgan fingerprint density at radius 3 is 3.15 bits per heavy atom. The van der Waals surface area contributed by atoms with Crippen LogP contribution in [-0.2, 0) is 11.2 Å². The molecule has 102 valence electrons. The molecule has 0 bridgehead atoms. The van der Waals surface area contributed by atoms with Crippen LogP contribution in [0, 0.1) is 6.92 Å². The van der Waals surface area contributed by atoms with Crippen LogP contribution in [0.4, 0.5) is 0 Å². The number of fused-ring (bicyclic) bond motifs is 1. The van der Waals surface area contributed by atoms with E-state index in [0.29, 0.717) is 22.1 Å². The molecule has 0 atom stereocenters. The Balaban J connectivity index is 1.91. The van der Waals surface area contributed by atoms with Crippen molar-refractivity contribution in [2.24, 2.45) is 0 Å². The molecule has 3 heterocycles. The highest BCUT2D eigenvalue weighted by molar-refractivity contribution is 8.01. The number of aliphatic carboxylic acids is 1. The maximum absolute atomic E-state index is 10.6. The molecule has 0 radical (unpaired) electrons. The van der Waals surface area contributed by atoms with E-state index < -0.39 is 5.97 Å². The van der Waals surface area contributed by atoms with Gasteiger partial charge in [0.15, 0.2) is 4.34 Å². The summed E-state index contributed by atoms with van der Waals surface area (Å²) in [4.78, 5) is 23.1. The first-order valence-electron chi connectivity index (χ1n) is 5.54. The standard InChI is InChI=1S/C11H8N4O3S2/c1-5-8-9(18-15-5)12-4-13-10(8)20-11-14-6(3-19-11)2-7(16)17/h3-4H,2H2,1H3,(H,16,17). The first-order valence-corrected chi connectivity index (χ1v) is 7.24. The third kappa shape index (κ3) is 2.49. The lowest BCUT2D eigenvalue weighted by Crippen LogP contribution is -1.99. The molecular weight excluding hydrogens is 300 g/mol. The first-order chi connectivity index (χ1) is 9.63. The number of rotatable bonds is 4. The molecule has 0 saturated heterocycles. The molecule has 0 amide bonds. The first kappa shape index (κ1) is 13.0. The predicted octanol–water partition coefficient (Wildman–Crippen LogP) is 2.16. The topological polar surface area (TPSA) is 102 Å². The molecular formula is C11H8N4O3S2. The minimum Gasteiger partial charge on any atom is -0.481 e. The van der Waals surface area contributed by atoms with Gasteiger partial charge in [-0.25, -0.2) is 9.97 Å². The summed E-state index contributed by atoms with van der Waals surface area (Å²) in [6.07, 6.45) is 1.32. The number of hydrogen-bond donors (Lipinski definition) is 1. The summed E-state index contributed by atoms with van der Waals surface area (Å²) >= 11 is 2.73. The lowest BCUT2D eigenvalue weighted by atomic mass is 10.3. The van der Waals surface area contributed by atoms with Gasteiger partial charge in [-0.15, -0.1) is 11.3 Å². The van der Waals surface area contributed by atoms with Gasteiger partial charge < -0.3 is 9.63 Å². The average molecular weight is 308 g/mol. The second-order valence-electron chi connectivity index (χ2n) is 3.90. The monoisotopic (exact) mass is 308 g/mol. The number of carbonyl (C=O) groups is 1. The minimum atomic E-state index is -0.897. The van der Waals surface area contributed by atoms with Crippen molar-refractivity contribution in [3.05, 3.63) is 23.1 Å². The van der Waals surface area contributed by atoms with Crippen molar-refractivity contribution in [1.82, 2.24) is 20.1 Å². The number of thiazole rings is 1. The number of carboxylic acids is 1. The molecule has 7 nitrogen and oxygen atoms in total. The van der Waals surface area contributed by atoms with Crippen molar-refractivity contribution in [2.45, 2.75) is 22.7 Å². The van der Waals surface area contributed by atoms with Crippen molar-refractivity contribution in [3.63, 3.8) is 0 Å². The third-order valence-corrected chi connectivity index (χ3v) is 4.45. The van der Waals surface area contributed by atoms with Gasteiger partial charge in [0.05, 0.1) is 23.2 Å². The van der Waals surface area contributed by atoms with Crippen LogP contribution in [0.25, 0.3) is 11.1 Å². The molecule has 3 aromatic rings. The second kappa shape index (κ2) is 5.17. The fourth-order valence-corrected chi connectivity index (χ4v) is 3.50. The molecule has 1 N–H and O–H groups in total. The van der Waals surface area contributed by atoms with Crippen molar-refractivity contribution in [2.75, 3.05) is 0 Å². The molecule has 0 aromatic carbocycles. The van der Waals surface area contributed by atoms with Crippen molar-refractivity contribution >= 4 is 40.2 Å². The van der Waals surface area contributed by atoms with Gasteiger partial charge in [-0.3, -0.25) is 4.79 Å². The lowest BCUT2D eigenvalue weighted by Gasteiger charge is -1.97. The van der Waals surface area contributed by atoms with Crippen LogP contribution < -0.4 is 0 Å². The third-order valence-electron chi connectivity index (χ3n) is 2.46. The molecule has 0 unspecified atom stereocenters. The largest absolute Gasteiger partial charge is 0.481 e. The number of nitrogens with zero attached hydrogens (tertiary/aromatic N) is 4. The Bertz CT molecular complexity index is 783. The molecule has 3 aromatic heterocycles. The Morgan fingerprint density at radius 1 is 1.50 bits per heavy atom. The number of aryl methyl sites for hydroxylation is 1. The van der Waals surface area contributed by atoms with E-state index in [1.165, 1.54) is 29.4 Å². The fraction of sp³-hybridized carbons (Fsp3) is 0.182. The molecule has 0 aliphatic carbocycles. The highest BCUT2D eigenvalue weighted by Gasteiger charge is 2.15. The summed E-state index contributed by atoms with van der Waals surface area (Å²) < 4.78 is 5.80. The molecule has 0 saturated carbocycles. The van der Waals surface area contributed by atoms with Gasteiger partial charge in [0.25, 0.3) is 5.71 Å². The van der Waals surface area contributed by atoms with Crippen LogP contribution in [0.2, 0.25) is 0 Å². The van der Waals surface area contributed by atoms with Crippen molar-refractivity contribution in [1.29, 1.82) is 0 Å². The quantitative estimate of drug-likeness (QED) is 0.731. The molecule has 3 rings (SSSR count). The van der Waals surface area contributed by atoms with E-state index in [1.54, 1.807) is 5.38 Å². The SMILES string of the molecule is Cc1noc2ncnc(Sc3nc(CC(=O)O)cs3)c12. The van der Waals surface area contributed by atoms with Gasteiger partial charge in [0, 0.05) is 5.38 Å². The Kier molecular flexibility index (Phi) is 3.36. The van der Waals surface area contributed by atoms with Crippen LogP contribution in [0.5, 0.6) is 0 Å². The highest BCUT2D eigenvalue weighted by atomic mass is 32.2. The molecule has 0 aliphatic heterocycles. The van der Waals surface area contributed by atoms with E-state index in [1.807, 2.05) is 6.92 Å². The Hall–Kier alpha value is -2.00. The van der Waals surface area contributed by atoms with E-state index in [4.69, 9.17) is 9.63 Å². The van der Waals surface area contributed by atoms with Crippen LogP contribution in [0.15, 0.2) is 25.6 Å². The summed E-state index contributed by atoms with van der Waals surface area (Å²) in [5, 5.41) is 15.8. The maximum atomic E-state index is 10.6. The van der Waals surface area contributed by atoms with E-state index in [2.05, 4.69) is 20.1 Å². The molecule has 9 heteroatoms. The number of aromatic nitrogens is 4. The Labute approximate surface area is 121 Å². The summed E-state index contributed by atoms with van der Waals surface area (Å²) in [5.74, 6) is -0.897. The zero-order chi connectivity index (χ0) is 14.1. The van der Waals surface area contributed by atoms with Crippen LogP contribution >= 0.6 is 23.1 Å². The number of hydrogen-bond acceptors (Lipinski definition) is 8. The van der Waals surface area contributed by atoms with E-state index >= 15 is 0 Å². The van der Waals surface area contributed by atoms with Gasteiger partial charge in [0.1, 0.15) is 11.4 Å². The smallest absolute Gasteiger partial charge is 0.309 e. The van der Waals surface area contributed by atoms with Crippen LogP contribution in [-0.4, -0.2) is 31.2 Å². The normalized spacial score (nSPS) is 11.1. The molecule has 0 spiro atoms. The zero-order valence-corrected chi connectivity index (χ0v) is 11.9. The molecule has 0 fully saturated rings. The van der Waals surface area contributed by atoms with E-state index in [0.717, 1.165) is 9.73 Å². The fourth-order valence-electron chi connectivity index (χ4n) is 1.62. The Morgan fingerprint density at radius 2 is 2.35 bits per heavy atom. The minimum absolute atomic E-state index is 0.0808. The van der Waals surface area contributed by atoms with Gasteiger partial charge >= 0.3 is 5.97 Å². The maximum Gasteiger partial charge on any atom is 0.309 e. The summed E-state index contributed by atoms with van der Waals surface area (Å²) in [7, 11) is 0. The van der Waals surface area contributed by atoms with Crippen molar-refractivity contribution in [3.8, 4) is 0 Å². The predicted molar refractivity (Wildman–Crippen MR) is 71.9 cm³/mol. The van der Waals surface area contributed by atoms with Gasteiger partial charge in [-0.2, -0.15) is 4.98 Å². The molecule has 0 aliphatic rings. The van der Waals surface area contributed by atoms with Crippen LogP contribution in [0.1, 0.15) is 11.4 Å². The number of carboxylic acid groups (broad SMARTS) is 1. The molecule has 20 heavy (non-hydrogen) atoms. The van der Waals surface area contributed by atoms with Gasteiger partial charge in [-0.05, 0) is 18.7 Å². The summed E-state index contributed by atoms with van der Waals surface area (Å²) in [6, 6.07) is 0.